The van der Waals surface area contributed by atoms with Crippen LogP contribution in [-0.4, -0.2) is 15.8 Å². The van der Waals surface area contributed by atoms with Crippen molar-refractivity contribution in [1.29, 1.82) is 0 Å². The second-order valence-corrected chi connectivity index (χ2v) is 24.2. The van der Waals surface area contributed by atoms with E-state index in [1.165, 1.54) is 63.9 Å². The predicted molar refractivity (Wildman–Crippen MR) is 349 cm³/mol. The number of para-hydroxylation sites is 4. The van der Waals surface area contributed by atoms with Gasteiger partial charge in [0.15, 0.2) is 0 Å². The summed E-state index contributed by atoms with van der Waals surface area (Å²) in [5, 5.41) is 7.35. The molecule has 0 spiro atoms. The van der Waals surface area contributed by atoms with E-state index < -0.39 is 0 Å². The molecule has 2 aliphatic rings. The van der Waals surface area contributed by atoms with Crippen LogP contribution in [-0.2, 0) is 5.41 Å². The zero-order chi connectivity index (χ0) is 54.4. The van der Waals surface area contributed by atoms with Crippen molar-refractivity contribution in [1.82, 2.24) is 9.13 Å². The maximum atomic E-state index is 7.97. The average molecular weight is 1070 g/mol. The Morgan fingerprint density at radius 2 is 0.939 bits per heavy atom. The number of hydrogen-bond donors (Lipinski definition) is 0. The Hall–Kier alpha value is -9.88. The summed E-state index contributed by atoms with van der Waals surface area (Å²) >= 11 is 1.88. The van der Waals surface area contributed by atoms with E-state index in [0.717, 1.165) is 95.2 Å². The lowest BCUT2D eigenvalue weighted by molar-refractivity contribution is 0.485. The molecule has 6 heteroatoms. The summed E-state index contributed by atoms with van der Waals surface area (Å²) in [6.07, 6.45) is 0. The third-order valence-corrected chi connectivity index (χ3v) is 18.7. The molecule has 0 bridgehead atoms. The van der Waals surface area contributed by atoms with Gasteiger partial charge in [-0.15, -0.1) is 11.3 Å². The molecule has 0 fully saturated rings. The van der Waals surface area contributed by atoms with Crippen molar-refractivity contribution in [2.45, 2.75) is 26.2 Å². The molecule has 0 N–H and O–H groups in total. The zero-order valence-corrected chi connectivity index (χ0v) is 46.4. The number of fused-ring (bicyclic) bond motifs is 13. The van der Waals surface area contributed by atoms with E-state index in [0.29, 0.717) is 0 Å². The van der Waals surface area contributed by atoms with E-state index in [2.05, 4.69) is 296 Å². The Kier molecular flexibility index (Phi) is 10.2. The first-order valence-electron chi connectivity index (χ1n) is 28.4. The highest BCUT2D eigenvalue weighted by molar-refractivity contribution is 7.26. The normalized spacial score (nSPS) is 12.9. The number of ether oxygens (including phenoxy) is 1. The standard InChI is InChI=1S/C76H52BN3OS/c1-76(2,3)52-37-34-48(35-38-52)51-43-68-72-70(44-51)81-74-62(45-53(78-63-29-15-10-24-55(63)56-25-11-16-30-64(56)78)46-69(74)79-65-31-17-12-26-57(65)58-27-13-18-32-66(58)79)77(72)61-42-50(47-20-6-4-7-21-47)36-41-67(61)80(68)73-54(49-22-8-5-9-23-49)39-40-60-59-28-14-19-33-71(59)82-75(60)73/h4-46H,1-3H3. The molecule has 0 atom stereocenters. The van der Waals surface area contributed by atoms with Gasteiger partial charge in [-0.25, -0.2) is 0 Å². The van der Waals surface area contributed by atoms with Crippen molar-refractivity contribution >= 4 is 115 Å². The molecule has 0 saturated heterocycles. The van der Waals surface area contributed by atoms with Crippen molar-refractivity contribution in [3.63, 3.8) is 0 Å². The maximum Gasteiger partial charge on any atom is 0.256 e. The summed E-state index contributed by atoms with van der Waals surface area (Å²) in [7, 11) is 0. The fraction of sp³-hybridized carbons (Fsp3) is 0.0526. The lowest BCUT2D eigenvalue weighted by Gasteiger charge is -2.42. The highest BCUT2D eigenvalue weighted by Gasteiger charge is 2.45. The molecular formula is C76H52BN3OS. The second-order valence-electron chi connectivity index (χ2n) is 23.2. The lowest BCUT2D eigenvalue weighted by atomic mass is 9.34. The monoisotopic (exact) mass is 1070 g/mol. The number of aromatic nitrogens is 2. The molecule has 3 aromatic heterocycles. The number of benzene rings is 12. The Labute approximate surface area is 480 Å². The quantitative estimate of drug-likeness (QED) is 0.155. The average Bonchev–Trinajstić information content (AvgIpc) is 2.73. The molecular weight excluding hydrogens is 1010 g/mol. The van der Waals surface area contributed by atoms with Crippen LogP contribution in [0.5, 0.6) is 11.5 Å². The van der Waals surface area contributed by atoms with Crippen LogP contribution in [0.25, 0.3) is 109 Å². The topological polar surface area (TPSA) is 22.3 Å². The molecule has 12 aromatic carbocycles. The minimum atomic E-state index is -0.261. The van der Waals surface area contributed by atoms with Crippen LogP contribution in [0.4, 0.5) is 17.1 Å². The molecule has 0 saturated carbocycles. The van der Waals surface area contributed by atoms with Crippen molar-refractivity contribution in [2.75, 3.05) is 4.90 Å². The first kappa shape index (κ1) is 47.0. The summed E-state index contributed by atoms with van der Waals surface area (Å²) in [5.41, 5.74) is 21.7. The smallest absolute Gasteiger partial charge is 0.256 e. The molecule has 17 rings (SSSR count). The SMILES string of the molecule is CC(C)(C)c1ccc(-c2cc3c4c(c2)N(c2c(-c5ccccc5)ccc5c2sc2ccccc25)c2ccc(-c5ccccc5)cc2B4c2cc(-n4c5ccccc5c5ccccc54)cc(-n4c5ccccc5c5ccccc54)c2O3)cc1. The van der Waals surface area contributed by atoms with E-state index in [9.17, 15) is 0 Å². The number of hydrogen-bond acceptors (Lipinski definition) is 3. The zero-order valence-electron chi connectivity index (χ0n) is 45.6. The van der Waals surface area contributed by atoms with Gasteiger partial charge in [0.2, 0.25) is 0 Å². The fourth-order valence-corrected chi connectivity index (χ4v) is 15.0. The van der Waals surface area contributed by atoms with Crippen molar-refractivity contribution in [2.24, 2.45) is 0 Å². The Morgan fingerprint density at radius 1 is 0.390 bits per heavy atom. The molecule has 82 heavy (non-hydrogen) atoms. The first-order valence-corrected chi connectivity index (χ1v) is 29.2. The second kappa shape index (κ2) is 17.8. The Bertz CT molecular complexity index is 5020. The molecule has 15 aromatic rings. The highest BCUT2D eigenvalue weighted by atomic mass is 32.1. The van der Waals surface area contributed by atoms with Crippen molar-refractivity contribution in [3.05, 3.63) is 266 Å². The third kappa shape index (κ3) is 6.98. The number of anilines is 3. The van der Waals surface area contributed by atoms with Crippen LogP contribution >= 0.6 is 11.3 Å². The third-order valence-electron chi connectivity index (χ3n) is 17.5. The number of nitrogens with zero attached hydrogens (tertiary/aromatic N) is 3. The minimum Gasteiger partial charge on any atom is -0.456 e. The summed E-state index contributed by atoms with van der Waals surface area (Å²) in [5.74, 6) is 1.70. The van der Waals surface area contributed by atoms with Gasteiger partial charge in [-0.2, -0.15) is 0 Å². The van der Waals surface area contributed by atoms with Crippen LogP contribution in [0.2, 0.25) is 0 Å². The molecule has 4 nitrogen and oxygen atoms in total. The largest absolute Gasteiger partial charge is 0.456 e. The molecule has 5 heterocycles. The van der Waals surface area contributed by atoms with E-state index in [1.54, 1.807) is 0 Å². The van der Waals surface area contributed by atoms with Gasteiger partial charge in [0, 0.05) is 59.6 Å². The summed E-state index contributed by atoms with van der Waals surface area (Å²) in [4.78, 5) is 2.62. The van der Waals surface area contributed by atoms with E-state index >= 15 is 0 Å². The Morgan fingerprint density at radius 3 is 1.57 bits per heavy atom. The van der Waals surface area contributed by atoms with Gasteiger partial charge in [0.25, 0.3) is 6.71 Å². The molecule has 0 aliphatic carbocycles. The van der Waals surface area contributed by atoms with Crippen LogP contribution in [0.15, 0.2) is 261 Å². The Balaban J connectivity index is 1.03. The van der Waals surface area contributed by atoms with Gasteiger partial charge in [0.05, 0.1) is 38.1 Å². The van der Waals surface area contributed by atoms with Crippen LogP contribution < -0.4 is 26.0 Å². The van der Waals surface area contributed by atoms with Crippen LogP contribution in [0.1, 0.15) is 26.3 Å². The van der Waals surface area contributed by atoms with E-state index in [-0.39, 0.29) is 12.1 Å². The lowest BCUT2D eigenvalue weighted by Crippen LogP contribution is -2.59. The molecule has 2 aliphatic heterocycles. The number of rotatable bonds is 6. The van der Waals surface area contributed by atoms with Gasteiger partial charge >= 0.3 is 0 Å². The highest BCUT2D eigenvalue weighted by Crippen LogP contribution is 2.53. The summed E-state index contributed by atoms with van der Waals surface area (Å²) in [6, 6.07) is 97.0. The van der Waals surface area contributed by atoms with Gasteiger partial charge in [-0.3, -0.25) is 0 Å². The van der Waals surface area contributed by atoms with Gasteiger partial charge in [0.1, 0.15) is 11.5 Å². The minimum absolute atomic E-state index is 0.00239. The van der Waals surface area contributed by atoms with E-state index in [4.69, 9.17) is 4.74 Å². The van der Waals surface area contributed by atoms with Gasteiger partial charge < -0.3 is 18.8 Å². The number of thiophene rings is 1. The van der Waals surface area contributed by atoms with Gasteiger partial charge in [-0.1, -0.05) is 221 Å². The molecule has 0 amide bonds. The summed E-state index contributed by atoms with van der Waals surface area (Å²) in [6.45, 7) is 6.60. The maximum absolute atomic E-state index is 7.97. The van der Waals surface area contributed by atoms with Crippen LogP contribution in [0.3, 0.4) is 0 Å². The predicted octanol–water partition coefficient (Wildman–Crippen LogP) is 19.0. The summed E-state index contributed by atoms with van der Waals surface area (Å²) < 4.78 is 15.4. The van der Waals surface area contributed by atoms with Crippen molar-refractivity contribution < 1.29 is 4.74 Å². The first-order chi connectivity index (χ1) is 40.3. The fourth-order valence-electron chi connectivity index (χ4n) is 13.7. The molecule has 0 unspecified atom stereocenters. The van der Waals surface area contributed by atoms with Crippen molar-refractivity contribution in [3.8, 4) is 56.3 Å². The molecule has 0 radical (unpaired) electrons. The molecule has 386 valence electrons. The van der Waals surface area contributed by atoms with E-state index in [1.807, 2.05) is 11.3 Å². The van der Waals surface area contributed by atoms with Crippen LogP contribution in [0, 0.1) is 0 Å². The van der Waals surface area contributed by atoms with Gasteiger partial charge in [-0.05, 0) is 116 Å².